The highest BCUT2D eigenvalue weighted by atomic mass is 35.5. The van der Waals surface area contributed by atoms with Crippen LogP contribution in [0, 0.1) is 0 Å². The summed E-state index contributed by atoms with van der Waals surface area (Å²) in [6.07, 6.45) is 2.94. The largest absolute Gasteiger partial charge is 0.452 e. The summed E-state index contributed by atoms with van der Waals surface area (Å²) in [5, 5.41) is 3.78. The normalized spacial score (nSPS) is 9.55. The lowest BCUT2D eigenvalue weighted by molar-refractivity contribution is 0.167. The molecule has 0 atom stereocenters. The summed E-state index contributed by atoms with van der Waals surface area (Å²) in [6.45, 7) is 0.685. The molecule has 0 bridgehead atoms. The first-order chi connectivity index (χ1) is 5.29. The second kappa shape index (κ2) is 3.92. The lowest BCUT2D eigenvalue weighted by Gasteiger charge is -1.98. The van der Waals surface area contributed by atoms with E-state index in [9.17, 15) is 4.79 Å². The van der Waals surface area contributed by atoms with Crippen LogP contribution in [0.3, 0.4) is 0 Å². The van der Waals surface area contributed by atoms with Crippen LogP contribution in [0.4, 0.5) is 4.79 Å². The van der Waals surface area contributed by atoms with E-state index in [1.807, 2.05) is 0 Å². The maximum absolute atomic E-state index is 10.1. The third-order valence-electron chi connectivity index (χ3n) is 1.00. The minimum Gasteiger partial charge on any atom is -0.452 e. The van der Waals surface area contributed by atoms with E-state index in [1.165, 1.54) is 12.7 Å². The van der Waals surface area contributed by atoms with Gasteiger partial charge < -0.3 is 4.74 Å². The van der Waals surface area contributed by atoms with Crippen molar-refractivity contribution < 1.29 is 9.53 Å². The Hall–Kier alpha value is -1.10. The summed E-state index contributed by atoms with van der Waals surface area (Å²) in [7, 11) is 0. The van der Waals surface area contributed by atoms with Crippen molar-refractivity contribution in [2.75, 3.05) is 6.61 Å². The highest BCUT2D eigenvalue weighted by Crippen LogP contribution is 1.88. The van der Waals surface area contributed by atoms with Crippen LogP contribution in [-0.4, -0.2) is 26.8 Å². The highest BCUT2D eigenvalue weighted by molar-refractivity contribution is 6.61. The molecule has 0 unspecified atom stereocenters. The Bertz CT molecular complexity index is 224. The first kappa shape index (κ1) is 8.00. The van der Waals surface area contributed by atoms with Crippen molar-refractivity contribution in [3.8, 4) is 0 Å². The molecule has 0 aliphatic carbocycles. The molecule has 1 aromatic rings. The number of nitrogens with zero attached hydrogens (tertiary/aromatic N) is 3. The Balaban J connectivity index is 2.19. The minimum atomic E-state index is -0.801. The number of carbonyl (C=O) groups is 1. The van der Waals surface area contributed by atoms with E-state index >= 15 is 0 Å². The molecule has 1 rings (SSSR count). The summed E-state index contributed by atoms with van der Waals surface area (Å²) in [5.74, 6) is 0. The molecule has 0 amide bonds. The van der Waals surface area contributed by atoms with Gasteiger partial charge in [0.25, 0.3) is 0 Å². The van der Waals surface area contributed by atoms with Crippen LogP contribution >= 0.6 is 11.6 Å². The van der Waals surface area contributed by atoms with Crippen LogP contribution in [0.5, 0.6) is 0 Å². The van der Waals surface area contributed by atoms with Gasteiger partial charge in [-0.2, -0.15) is 5.10 Å². The Morgan fingerprint density at radius 1 is 1.73 bits per heavy atom. The number of rotatable bonds is 3. The van der Waals surface area contributed by atoms with Crippen molar-refractivity contribution in [2.24, 2.45) is 0 Å². The molecule has 0 saturated heterocycles. The lowest BCUT2D eigenvalue weighted by atomic mass is 10.7. The highest BCUT2D eigenvalue weighted by Gasteiger charge is 1.95. The van der Waals surface area contributed by atoms with Crippen molar-refractivity contribution in [3.63, 3.8) is 0 Å². The average molecular weight is 176 g/mol. The van der Waals surface area contributed by atoms with Crippen LogP contribution in [0.1, 0.15) is 0 Å². The van der Waals surface area contributed by atoms with E-state index in [1.54, 1.807) is 4.68 Å². The average Bonchev–Trinajstić information content (AvgIpc) is 2.39. The van der Waals surface area contributed by atoms with Crippen molar-refractivity contribution in [1.29, 1.82) is 0 Å². The van der Waals surface area contributed by atoms with Crippen molar-refractivity contribution in [1.82, 2.24) is 14.8 Å². The zero-order chi connectivity index (χ0) is 8.10. The number of ether oxygens (including phenoxy) is 1. The van der Waals surface area contributed by atoms with Crippen molar-refractivity contribution >= 4 is 17.0 Å². The third-order valence-corrected chi connectivity index (χ3v) is 1.11. The molecule has 0 fully saturated rings. The van der Waals surface area contributed by atoms with E-state index in [2.05, 4.69) is 14.8 Å². The molecule has 11 heavy (non-hydrogen) atoms. The summed E-state index contributed by atoms with van der Waals surface area (Å²) < 4.78 is 5.99. The van der Waals surface area contributed by atoms with Gasteiger partial charge in [-0.25, -0.2) is 14.5 Å². The van der Waals surface area contributed by atoms with Crippen LogP contribution in [-0.2, 0) is 11.3 Å². The van der Waals surface area contributed by atoms with E-state index in [4.69, 9.17) is 11.6 Å². The van der Waals surface area contributed by atoms with Gasteiger partial charge in [-0.1, -0.05) is 0 Å². The van der Waals surface area contributed by atoms with Gasteiger partial charge in [-0.3, -0.25) is 0 Å². The van der Waals surface area contributed by atoms with Crippen LogP contribution in [0.15, 0.2) is 12.7 Å². The van der Waals surface area contributed by atoms with Crippen molar-refractivity contribution in [3.05, 3.63) is 12.7 Å². The summed E-state index contributed by atoms with van der Waals surface area (Å²) in [6, 6.07) is 0. The molecule has 0 aromatic carbocycles. The van der Waals surface area contributed by atoms with E-state index in [0.717, 1.165) is 0 Å². The minimum absolute atomic E-state index is 0.214. The predicted octanol–water partition coefficient (Wildman–Crippen LogP) is 0.653. The fourth-order valence-corrected chi connectivity index (χ4v) is 0.645. The third kappa shape index (κ3) is 2.99. The van der Waals surface area contributed by atoms with Crippen LogP contribution in [0.2, 0.25) is 0 Å². The maximum atomic E-state index is 10.1. The fraction of sp³-hybridized carbons (Fsp3) is 0.400. The zero-order valence-electron chi connectivity index (χ0n) is 5.61. The number of hydrogen-bond acceptors (Lipinski definition) is 4. The number of hydrogen-bond donors (Lipinski definition) is 0. The van der Waals surface area contributed by atoms with E-state index in [-0.39, 0.29) is 6.61 Å². The second-order valence-corrected chi connectivity index (χ2v) is 2.05. The Labute approximate surface area is 67.9 Å². The van der Waals surface area contributed by atoms with Crippen LogP contribution in [0.25, 0.3) is 0 Å². The van der Waals surface area contributed by atoms with Gasteiger partial charge in [0, 0.05) is 11.6 Å². The smallest absolute Gasteiger partial charge is 0.403 e. The van der Waals surface area contributed by atoms with Gasteiger partial charge in [-0.15, -0.1) is 0 Å². The van der Waals surface area contributed by atoms with Gasteiger partial charge in [0.05, 0.1) is 6.54 Å². The van der Waals surface area contributed by atoms with Gasteiger partial charge in [0.15, 0.2) is 0 Å². The van der Waals surface area contributed by atoms with Crippen LogP contribution < -0.4 is 0 Å². The molecule has 1 aromatic heterocycles. The molecular formula is C5H6ClN3O2. The molecule has 0 N–H and O–H groups in total. The lowest BCUT2D eigenvalue weighted by Crippen LogP contribution is -2.07. The molecule has 0 aliphatic rings. The fourth-order valence-electron chi connectivity index (χ4n) is 0.568. The molecular weight excluding hydrogens is 170 g/mol. The summed E-state index contributed by atoms with van der Waals surface area (Å²) in [4.78, 5) is 13.8. The molecule has 1 heterocycles. The van der Waals surface area contributed by atoms with Gasteiger partial charge >= 0.3 is 5.43 Å². The number of carbonyl (C=O) groups excluding carboxylic acids is 1. The first-order valence-electron chi connectivity index (χ1n) is 2.93. The SMILES string of the molecule is O=C(Cl)OCCn1cncn1. The number of halogens is 1. The van der Waals surface area contributed by atoms with E-state index in [0.29, 0.717) is 6.54 Å². The number of aromatic nitrogens is 3. The molecule has 6 heteroatoms. The summed E-state index contributed by atoms with van der Waals surface area (Å²) >= 11 is 4.91. The molecule has 0 spiro atoms. The summed E-state index contributed by atoms with van der Waals surface area (Å²) in [5.41, 5.74) is -0.801. The second-order valence-electron chi connectivity index (χ2n) is 1.74. The topological polar surface area (TPSA) is 57.0 Å². The predicted molar refractivity (Wildman–Crippen MR) is 37.2 cm³/mol. The Kier molecular flexibility index (Phi) is 2.85. The monoisotopic (exact) mass is 175 g/mol. The van der Waals surface area contributed by atoms with Gasteiger partial charge in [0.2, 0.25) is 0 Å². The van der Waals surface area contributed by atoms with Gasteiger partial charge in [0.1, 0.15) is 19.3 Å². The van der Waals surface area contributed by atoms with E-state index < -0.39 is 5.43 Å². The molecule has 0 aliphatic heterocycles. The standard InChI is InChI=1S/C5H6ClN3O2/c6-5(10)11-2-1-9-4-7-3-8-9/h3-4H,1-2H2. The molecule has 60 valence electrons. The maximum Gasteiger partial charge on any atom is 0.403 e. The van der Waals surface area contributed by atoms with Crippen molar-refractivity contribution in [2.45, 2.75) is 6.54 Å². The zero-order valence-corrected chi connectivity index (χ0v) is 6.36. The molecule has 0 saturated carbocycles. The first-order valence-corrected chi connectivity index (χ1v) is 3.31. The Morgan fingerprint density at radius 3 is 3.09 bits per heavy atom. The Morgan fingerprint density at radius 2 is 2.55 bits per heavy atom. The quantitative estimate of drug-likeness (QED) is 0.633. The molecule has 0 radical (unpaired) electrons. The van der Waals surface area contributed by atoms with Gasteiger partial charge in [-0.05, 0) is 0 Å². The molecule has 5 nitrogen and oxygen atoms in total.